The van der Waals surface area contributed by atoms with Crippen LogP contribution in [0.2, 0.25) is 0 Å². The lowest BCUT2D eigenvalue weighted by Gasteiger charge is -2.32. The third-order valence-corrected chi connectivity index (χ3v) is 7.32. The Hall–Kier alpha value is -3.24. The van der Waals surface area contributed by atoms with Gasteiger partial charge in [-0.25, -0.2) is 23.4 Å². The largest absolute Gasteiger partial charge is 0.493 e. The Labute approximate surface area is 187 Å². The van der Waals surface area contributed by atoms with Crippen molar-refractivity contribution in [3.05, 3.63) is 54.5 Å². The van der Waals surface area contributed by atoms with Gasteiger partial charge in [0.25, 0.3) is 0 Å². The molecule has 1 aromatic carbocycles. The van der Waals surface area contributed by atoms with Gasteiger partial charge in [0.1, 0.15) is 0 Å². The van der Waals surface area contributed by atoms with Gasteiger partial charge in [0.15, 0.2) is 11.6 Å². The summed E-state index contributed by atoms with van der Waals surface area (Å²) in [6.45, 7) is 2.74. The number of aromatic nitrogens is 3. The van der Waals surface area contributed by atoms with Crippen LogP contribution >= 0.6 is 0 Å². The average molecular weight is 455 g/mol. The monoisotopic (exact) mass is 454 g/mol. The molecule has 32 heavy (non-hydrogen) atoms. The van der Waals surface area contributed by atoms with E-state index in [1.165, 1.54) is 11.4 Å². The third-order valence-electron chi connectivity index (χ3n) is 5.44. The highest BCUT2D eigenvalue weighted by atomic mass is 32.2. The molecule has 1 atom stereocenters. The normalized spacial score (nSPS) is 17.1. The van der Waals surface area contributed by atoms with Gasteiger partial charge in [-0.15, -0.1) is 0 Å². The van der Waals surface area contributed by atoms with Gasteiger partial charge in [-0.2, -0.15) is 4.31 Å². The fourth-order valence-corrected chi connectivity index (χ4v) is 5.25. The molecule has 168 valence electrons. The number of methoxy groups -OCH3 is 1. The fraction of sp³-hybridized carbons (Fsp3) is 0.318. The number of ether oxygens (including phenoxy) is 1. The molecule has 1 fully saturated rings. The van der Waals surface area contributed by atoms with E-state index in [0.29, 0.717) is 30.6 Å². The Morgan fingerprint density at radius 1 is 1.16 bits per heavy atom. The highest BCUT2D eigenvalue weighted by Crippen LogP contribution is 2.29. The maximum Gasteiger partial charge on any atom is 0.243 e. The summed E-state index contributed by atoms with van der Waals surface area (Å²) in [5.41, 5.74) is 8.25. The third kappa shape index (κ3) is 4.66. The van der Waals surface area contributed by atoms with E-state index in [1.54, 1.807) is 42.7 Å². The van der Waals surface area contributed by atoms with Gasteiger partial charge < -0.3 is 15.8 Å². The molecule has 1 aliphatic heterocycles. The maximum atomic E-state index is 13.3. The smallest absolute Gasteiger partial charge is 0.243 e. The lowest BCUT2D eigenvalue weighted by atomic mass is 10.1. The van der Waals surface area contributed by atoms with Gasteiger partial charge in [-0.1, -0.05) is 12.1 Å². The zero-order chi connectivity index (χ0) is 22.7. The molecule has 2 aromatic heterocycles. The molecule has 3 N–H and O–H groups in total. The van der Waals surface area contributed by atoms with Crippen LogP contribution in [0.4, 0.5) is 11.8 Å². The summed E-state index contributed by atoms with van der Waals surface area (Å²) in [6, 6.07) is 10.3. The number of aryl methyl sites for hydroxylation is 1. The number of hydrogen-bond acceptors (Lipinski definition) is 8. The fourth-order valence-electron chi connectivity index (χ4n) is 3.72. The Kier molecular flexibility index (Phi) is 6.24. The van der Waals surface area contributed by atoms with E-state index in [-0.39, 0.29) is 10.9 Å². The van der Waals surface area contributed by atoms with Crippen molar-refractivity contribution in [1.29, 1.82) is 0 Å². The first-order valence-electron chi connectivity index (χ1n) is 10.3. The van der Waals surface area contributed by atoms with Gasteiger partial charge in [-0.05, 0) is 49.6 Å². The van der Waals surface area contributed by atoms with E-state index in [1.807, 2.05) is 13.0 Å². The minimum Gasteiger partial charge on any atom is -0.493 e. The SMILES string of the molecule is COc1cc(-c2ccc(S(=O)(=O)N3CCC[C@@H](Nc4nccc(C)n4)C3)cc2)cnc1N. The number of rotatable bonds is 6. The number of sulfonamides is 1. The van der Waals surface area contributed by atoms with Crippen molar-refractivity contribution in [2.45, 2.75) is 30.7 Å². The molecule has 3 aromatic rings. The van der Waals surface area contributed by atoms with Crippen molar-refractivity contribution in [1.82, 2.24) is 19.3 Å². The van der Waals surface area contributed by atoms with Crippen molar-refractivity contribution < 1.29 is 13.2 Å². The summed E-state index contributed by atoms with van der Waals surface area (Å²) < 4.78 is 33.2. The van der Waals surface area contributed by atoms with Crippen molar-refractivity contribution in [2.24, 2.45) is 0 Å². The first kappa shape index (κ1) is 22.0. The van der Waals surface area contributed by atoms with Crippen LogP contribution in [0.25, 0.3) is 11.1 Å². The van der Waals surface area contributed by atoms with Crippen LogP contribution in [0.3, 0.4) is 0 Å². The van der Waals surface area contributed by atoms with Gasteiger partial charge >= 0.3 is 0 Å². The molecule has 1 aliphatic rings. The minimum atomic E-state index is -3.62. The van der Waals surface area contributed by atoms with Crippen molar-refractivity contribution in [2.75, 3.05) is 31.2 Å². The van der Waals surface area contributed by atoms with Crippen LogP contribution in [-0.2, 0) is 10.0 Å². The number of pyridine rings is 1. The molecule has 9 nitrogen and oxygen atoms in total. The van der Waals surface area contributed by atoms with Crippen LogP contribution in [0.5, 0.6) is 5.75 Å². The summed E-state index contributed by atoms with van der Waals surface area (Å²) in [5.74, 6) is 1.30. The zero-order valence-electron chi connectivity index (χ0n) is 18.0. The number of nitrogens with zero attached hydrogens (tertiary/aromatic N) is 4. The molecule has 0 spiro atoms. The minimum absolute atomic E-state index is 0.0482. The Balaban J connectivity index is 1.50. The Bertz CT molecular complexity index is 1200. The Morgan fingerprint density at radius 2 is 1.94 bits per heavy atom. The van der Waals surface area contributed by atoms with E-state index >= 15 is 0 Å². The molecule has 10 heteroatoms. The predicted molar refractivity (Wildman–Crippen MR) is 123 cm³/mol. The number of anilines is 2. The first-order valence-corrected chi connectivity index (χ1v) is 11.8. The molecule has 4 rings (SSSR count). The number of nitrogens with two attached hydrogens (primary N) is 1. The van der Waals surface area contributed by atoms with Gasteiger partial charge in [0, 0.05) is 42.8 Å². The molecular weight excluding hydrogens is 428 g/mol. The van der Waals surface area contributed by atoms with Crippen LogP contribution in [-0.4, -0.2) is 53.9 Å². The molecule has 3 heterocycles. The van der Waals surface area contributed by atoms with Crippen LogP contribution in [0, 0.1) is 6.92 Å². The number of benzene rings is 1. The quantitative estimate of drug-likeness (QED) is 0.583. The highest BCUT2D eigenvalue weighted by molar-refractivity contribution is 7.89. The molecule has 0 bridgehead atoms. The molecule has 1 saturated heterocycles. The first-order chi connectivity index (χ1) is 15.4. The molecule has 0 saturated carbocycles. The van der Waals surface area contributed by atoms with Gasteiger partial charge in [0.2, 0.25) is 16.0 Å². The van der Waals surface area contributed by atoms with E-state index in [4.69, 9.17) is 10.5 Å². The molecule has 0 aliphatic carbocycles. The van der Waals surface area contributed by atoms with E-state index in [2.05, 4.69) is 20.3 Å². The van der Waals surface area contributed by atoms with Crippen molar-refractivity contribution in [3.8, 4) is 16.9 Å². The number of piperidine rings is 1. The van der Waals surface area contributed by atoms with Crippen LogP contribution < -0.4 is 15.8 Å². The van der Waals surface area contributed by atoms with E-state index in [9.17, 15) is 8.42 Å². The summed E-state index contributed by atoms with van der Waals surface area (Å²) in [7, 11) is -2.10. The van der Waals surface area contributed by atoms with Gasteiger partial charge in [-0.3, -0.25) is 0 Å². The van der Waals surface area contributed by atoms with Gasteiger partial charge in [0.05, 0.1) is 12.0 Å². The molecular formula is C22H26N6O3S. The lowest BCUT2D eigenvalue weighted by molar-refractivity contribution is 0.326. The van der Waals surface area contributed by atoms with Crippen molar-refractivity contribution in [3.63, 3.8) is 0 Å². The second kappa shape index (κ2) is 9.09. The summed E-state index contributed by atoms with van der Waals surface area (Å²) in [4.78, 5) is 13.0. The average Bonchev–Trinajstić information content (AvgIpc) is 2.80. The number of hydrogen-bond donors (Lipinski definition) is 2. The van der Waals surface area contributed by atoms with Crippen LogP contribution in [0.15, 0.2) is 53.7 Å². The summed E-state index contributed by atoms with van der Waals surface area (Å²) in [5, 5.41) is 3.26. The second-order valence-electron chi connectivity index (χ2n) is 7.70. The topological polar surface area (TPSA) is 123 Å². The summed E-state index contributed by atoms with van der Waals surface area (Å²) >= 11 is 0. The molecule has 0 unspecified atom stereocenters. The van der Waals surface area contributed by atoms with E-state index in [0.717, 1.165) is 29.7 Å². The van der Waals surface area contributed by atoms with E-state index < -0.39 is 10.0 Å². The second-order valence-corrected chi connectivity index (χ2v) is 9.64. The lowest BCUT2D eigenvalue weighted by Crippen LogP contribution is -2.45. The molecule has 0 radical (unpaired) electrons. The maximum absolute atomic E-state index is 13.3. The highest BCUT2D eigenvalue weighted by Gasteiger charge is 2.30. The Morgan fingerprint density at radius 3 is 2.66 bits per heavy atom. The predicted octanol–water partition coefficient (Wildman–Crippen LogP) is 2.70. The zero-order valence-corrected chi connectivity index (χ0v) is 18.8. The summed E-state index contributed by atoms with van der Waals surface area (Å²) in [6.07, 6.45) is 4.94. The van der Waals surface area contributed by atoms with Crippen molar-refractivity contribution >= 4 is 21.8 Å². The number of nitrogen functional groups attached to an aromatic ring is 1. The molecule has 0 amide bonds. The number of nitrogens with one attached hydrogen (secondary N) is 1. The standard InChI is InChI=1S/C22H26N6O3S/c1-15-9-10-24-22(26-15)27-18-4-3-11-28(14-18)32(29,30)19-7-5-16(6-8-19)17-12-20(31-2)21(23)25-13-17/h5-10,12-13,18H,3-4,11,14H2,1-2H3,(H2,23,25)(H,24,26,27)/t18-/m1/s1. The van der Waals surface area contributed by atoms with Crippen LogP contribution in [0.1, 0.15) is 18.5 Å².